The largest absolute Gasteiger partial charge is 0.467 e. The number of carbonyl (C=O) groups is 3. The molecule has 0 aliphatic heterocycles. The number of aliphatic hydroxyl groups is 1. The molecule has 2 aromatic rings. The summed E-state index contributed by atoms with van der Waals surface area (Å²) >= 11 is 0. The average Bonchev–Trinajstić information content (AvgIpc) is 2.84. The molecule has 0 bridgehead atoms. The van der Waals surface area contributed by atoms with Crippen molar-refractivity contribution in [3.63, 3.8) is 0 Å². The lowest BCUT2D eigenvalue weighted by Crippen LogP contribution is -2.42. The minimum absolute atomic E-state index is 0.0334. The van der Waals surface area contributed by atoms with Gasteiger partial charge in [-0.05, 0) is 29.7 Å². The van der Waals surface area contributed by atoms with Gasteiger partial charge in [0.1, 0.15) is 12.6 Å². The van der Waals surface area contributed by atoms with Crippen molar-refractivity contribution in [3.8, 4) is 0 Å². The first kappa shape index (κ1) is 26.1. The minimum Gasteiger partial charge on any atom is -0.467 e. The predicted octanol–water partition coefficient (Wildman–Crippen LogP) is 2.59. The van der Waals surface area contributed by atoms with E-state index < -0.39 is 43.4 Å². The second kappa shape index (κ2) is 12.2. The number of methoxy groups -OCH3 is 2. The van der Waals surface area contributed by atoms with Crippen LogP contribution in [0.4, 0.5) is 4.79 Å². The van der Waals surface area contributed by atoms with E-state index in [4.69, 9.17) is 4.74 Å². The summed E-state index contributed by atoms with van der Waals surface area (Å²) in [6.07, 6.45) is -1.72. The smallest absolute Gasteiger partial charge is 0.408 e. The summed E-state index contributed by atoms with van der Waals surface area (Å²) in [6.45, 7) is -0.0334. The van der Waals surface area contributed by atoms with Crippen molar-refractivity contribution in [1.29, 1.82) is 0 Å². The van der Waals surface area contributed by atoms with Gasteiger partial charge in [-0.1, -0.05) is 42.5 Å². The number of carbonyl (C=O) groups excluding carboxylic acids is 3. The molecule has 0 aliphatic carbocycles. The molecule has 0 aromatic heterocycles. The molecular formula is C22H26NO9P. The highest BCUT2D eigenvalue weighted by molar-refractivity contribution is 7.58. The Morgan fingerprint density at radius 1 is 1.03 bits per heavy atom. The Labute approximate surface area is 190 Å². The van der Waals surface area contributed by atoms with Gasteiger partial charge in [-0.25, -0.2) is 14.4 Å². The number of benzene rings is 2. The molecule has 10 nitrogen and oxygen atoms in total. The highest BCUT2D eigenvalue weighted by Gasteiger charge is 2.34. The van der Waals surface area contributed by atoms with Gasteiger partial charge in [-0.2, -0.15) is 0 Å². The van der Waals surface area contributed by atoms with Crippen molar-refractivity contribution in [3.05, 3.63) is 71.3 Å². The van der Waals surface area contributed by atoms with Gasteiger partial charge in [0.05, 0.1) is 19.8 Å². The molecular weight excluding hydrogens is 453 g/mol. The molecule has 2 aromatic carbocycles. The third-order valence-corrected chi connectivity index (χ3v) is 6.68. The van der Waals surface area contributed by atoms with Crippen LogP contribution in [0.5, 0.6) is 0 Å². The maximum absolute atomic E-state index is 12.8. The fourth-order valence-electron chi connectivity index (χ4n) is 2.91. The lowest BCUT2D eigenvalue weighted by Gasteiger charge is -2.22. The third kappa shape index (κ3) is 7.71. The van der Waals surface area contributed by atoms with Gasteiger partial charge in [0.15, 0.2) is 5.85 Å². The molecule has 0 radical (unpaired) electrons. The second-order valence-electron chi connectivity index (χ2n) is 7.04. The number of alkyl carbamates (subject to hydrolysis) is 1. The average molecular weight is 479 g/mol. The van der Waals surface area contributed by atoms with E-state index >= 15 is 0 Å². The fourth-order valence-corrected chi connectivity index (χ4v) is 4.41. The van der Waals surface area contributed by atoms with Gasteiger partial charge >= 0.3 is 18.0 Å². The van der Waals surface area contributed by atoms with Gasteiger partial charge in [0.2, 0.25) is 7.37 Å². The van der Waals surface area contributed by atoms with Crippen LogP contribution < -0.4 is 5.32 Å². The first-order chi connectivity index (χ1) is 15.7. The zero-order valence-corrected chi connectivity index (χ0v) is 19.1. The number of aliphatic hydroxyl groups excluding tert-OH is 1. The monoisotopic (exact) mass is 479 g/mol. The molecule has 178 valence electrons. The summed E-state index contributed by atoms with van der Waals surface area (Å²) in [7, 11) is -1.97. The number of hydrogen-bond donors (Lipinski definition) is 3. The lowest BCUT2D eigenvalue weighted by molar-refractivity contribution is -0.143. The molecule has 1 amide bonds. The van der Waals surface area contributed by atoms with Crippen molar-refractivity contribution < 1.29 is 43.2 Å². The standard InChI is InChI=1S/C22H26NO9P/c1-30-19(24)16-9-6-10-17(13-16)21(26)33(28,29)12-11-18(20(25)31-2)23-22(27)32-14-15-7-4-3-5-8-15/h3-10,13,18,21,26H,11-12,14H2,1-2H3,(H,23,27)(H,28,29)/t18-,21?/m0/s1. The van der Waals surface area contributed by atoms with E-state index in [2.05, 4.69) is 14.8 Å². The van der Waals surface area contributed by atoms with Crippen LogP contribution >= 0.6 is 7.37 Å². The van der Waals surface area contributed by atoms with Gasteiger partial charge in [-0.15, -0.1) is 0 Å². The molecule has 0 spiro atoms. The summed E-state index contributed by atoms with van der Waals surface area (Å²) < 4.78 is 27.1. The quantitative estimate of drug-likeness (QED) is 0.266. The Morgan fingerprint density at radius 2 is 1.73 bits per heavy atom. The number of nitrogens with one attached hydrogen (secondary N) is 1. The molecule has 11 heteroatoms. The van der Waals surface area contributed by atoms with E-state index in [1.165, 1.54) is 31.4 Å². The van der Waals surface area contributed by atoms with Gasteiger partial charge < -0.3 is 29.5 Å². The van der Waals surface area contributed by atoms with Crippen LogP contribution in [0, 0.1) is 0 Å². The lowest BCUT2D eigenvalue weighted by atomic mass is 10.1. The normalized spacial score (nSPS) is 14.3. The minimum atomic E-state index is -4.27. The summed E-state index contributed by atoms with van der Waals surface area (Å²) in [5.74, 6) is -3.32. The molecule has 3 atom stereocenters. The van der Waals surface area contributed by atoms with E-state index in [0.717, 1.165) is 12.7 Å². The molecule has 2 unspecified atom stereocenters. The fraction of sp³-hybridized carbons (Fsp3) is 0.318. The van der Waals surface area contributed by atoms with E-state index in [9.17, 15) is 28.9 Å². The highest BCUT2D eigenvalue weighted by atomic mass is 31.2. The topological polar surface area (TPSA) is 148 Å². The zero-order valence-electron chi connectivity index (χ0n) is 18.2. The van der Waals surface area contributed by atoms with Gasteiger partial charge in [0, 0.05) is 6.16 Å². The van der Waals surface area contributed by atoms with Gasteiger partial charge in [0.25, 0.3) is 0 Å². The van der Waals surface area contributed by atoms with E-state index in [-0.39, 0.29) is 24.2 Å². The zero-order chi connectivity index (χ0) is 24.4. The summed E-state index contributed by atoms with van der Waals surface area (Å²) in [6, 6.07) is 13.1. The number of amides is 1. The Kier molecular flexibility index (Phi) is 9.59. The maximum Gasteiger partial charge on any atom is 0.408 e. The Hall–Kier alpha value is -3.20. The van der Waals surface area contributed by atoms with E-state index in [1.807, 2.05) is 6.07 Å². The predicted molar refractivity (Wildman–Crippen MR) is 118 cm³/mol. The van der Waals surface area contributed by atoms with Crippen molar-refractivity contribution >= 4 is 25.4 Å². The number of ether oxygens (including phenoxy) is 3. The van der Waals surface area contributed by atoms with Gasteiger partial charge in [-0.3, -0.25) is 4.57 Å². The van der Waals surface area contributed by atoms with Crippen molar-refractivity contribution in [2.24, 2.45) is 0 Å². The van der Waals surface area contributed by atoms with Crippen LogP contribution in [0.1, 0.15) is 33.8 Å². The third-order valence-electron chi connectivity index (χ3n) is 4.72. The van der Waals surface area contributed by atoms with Crippen LogP contribution in [0.3, 0.4) is 0 Å². The molecule has 3 N–H and O–H groups in total. The first-order valence-corrected chi connectivity index (χ1v) is 11.8. The number of hydrogen-bond acceptors (Lipinski definition) is 8. The Balaban J connectivity index is 2.02. The van der Waals surface area contributed by atoms with E-state index in [1.54, 1.807) is 24.3 Å². The molecule has 0 heterocycles. The van der Waals surface area contributed by atoms with Crippen LogP contribution in [0.25, 0.3) is 0 Å². The van der Waals surface area contributed by atoms with Crippen LogP contribution in [-0.2, 0) is 30.2 Å². The Bertz CT molecular complexity index is 1010. The van der Waals surface area contributed by atoms with E-state index in [0.29, 0.717) is 0 Å². The molecule has 0 aliphatic rings. The summed E-state index contributed by atoms with van der Waals surface area (Å²) in [5, 5.41) is 12.7. The highest BCUT2D eigenvalue weighted by Crippen LogP contribution is 2.54. The molecule has 33 heavy (non-hydrogen) atoms. The SMILES string of the molecule is COC(=O)c1cccc(C(O)P(=O)(O)CC[C@H](NC(=O)OCc2ccccc2)C(=O)OC)c1. The number of rotatable bonds is 10. The van der Waals surface area contributed by atoms with Crippen LogP contribution in [0.2, 0.25) is 0 Å². The summed E-state index contributed by atoms with van der Waals surface area (Å²) in [5.41, 5.74) is 0.873. The Morgan fingerprint density at radius 3 is 2.36 bits per heavy atom. The van der Waals surface area contributed by atoms with Crippen LogP contribution in [0.15, 0.2) is 54.6 Å². The maximum atomic E-state index is 12.8. The molecule has 2 rings (SSSR count). The molecule has 0 saturated heterocycles. The first-order valence-electron chi connectivity index (χ1n) is 9.90. The van der Waals surface area contributed by atoms with Crippen molar-refractivity contribution in [2.45, 2.75) is 24.9 Å². The molecule has 0 saturated carbocycles. The molecule has 0 fully saturated rings. The van der Waals surface area contributed by atoms with Crippen molar-refractivity contribution in [2.75, 3.05) is 20.4 Å². The number of esters is 2. The van der Waals surface area contributed by atoms with Crippen molar-refractivity contribution in [1.82, 2.24) is 5.32 Å². The van der Waals surface area contributed by atoms with Crippen LogP contribution in [-0.4, -0.2) is 54.5 Å². The second-order valence-corrected chi connectivity index (χ2v) is 9.49. The summed E-state index contributed by atoms with van der Waals surface area (Å²) in [4.78, 5) is 46.2.